The molecule has 1 aromatic carbocycles. The molecule has 2 aliphatic rings. The van der Waals surface area contributed by atoms with Crippen LogP contribution >= 0.6 is 0 Å². The first kappa shape index (κ1) is 14.5. The van der Waals surface area contributed by atoms with Crippen molar-refractivity contribution in [3.05, 3.63) is 35.6 Å². The molecule has 114 valence electrons. The molecule has 3 rings (SSSR count). The lowest BCUT2D eigenvalue weighted by atomic mass is 9.96. The molecule has 1 N–H and O–H groups in total. The predicted molar refractivity (Wildman–Crippen MR) is 77.2 cm³/mol. The summed E-state index contributed by atoms with van der Waals surface area (Å²) in [6.45, 7) is 5.50. The van der Waals surface area contributed by atoms with Gasteiger partial charge < -0.3 is 15.0 Å². The molecule has 3 unspecified atom stereocenters. The fraction of sp³-hybridized carbons (Fsp3) is 0.562. The zero-order valence-corrected chi connectivity index (χ0v) is 12.2. The van der Waals surface area contributed by atoms with Gasteiger partial charge in [-0.15, -0.1) is 0 Å². The van der Waals surface area contributed by atoms with E-state index in [1.807, 2.05) is 4.90 Å². The molecule has 1 aromatic rings. The van der Waals surface area contributed by atoms with Gasteiger partial charge in [0.05, 0.1) is 19.1 Å². The molecule has 0 aromatic heterocycles. The molecular weight excluding hydrogens is 271 g/mol. The van der Waals surface area contributed by atoms with Gasteiger partial charge in [0.25, 0.3) is 0 Å². The quantitative estimate of drug-likeness (QED) is 0.900. The Morgan fingerprint density at radius 1 is 1.33 bits per heavy atom. The number of rotatable bonds is 2. The summed E-state index contributed by atoms with van der Waals surface area (Å²) in [5.74, 6) is 0.401. The molecule has 0 radical (unpaired) electrons. The van der Waals surface area contributed by atoms with Gasteiger partial charge in [-0.1, -0.05) is 19.1 Å². The molecule has 3 atom stereocenters. The summed E-state index contributed by atoms with van der Waals surface area (Å²) in [6.07, 6.45) is -0.159. The highest BCUT2D eigenvalue weighted by Crippen LogP contribution is 2.25. The van der Waals surface area contributed by atoms with Gasteiger partial charge in [0.1, 0.15) is 11.9 Å². The van der Waals surface area contributed by atoms with Crippen molar-refractivity contribution in [2.75, 3.05) is 32.8 Å². The van der Waals surface area contributed by atoms with Gasteiger partial charge in [-0.25, -0.2) is 4.39 Å². The molecule has 2 heterocycles. The second-order valence-corrected chi connectivity index (χ2v) is 5.94. The van der Waals surface area contributed by atoms with Crippen LogP contribution < -0.4 is 5.32 Å². The lowest BCUT2D eigenvalue weighted by Gasteiger charge is -2.35. The molecule has 0 aliphatic carbocycles. The number of benzene rings is 1. The number of halogens is 1. The van der Waals surface area contributed by atoms with Gasteiger partial charge in [0.2, 0.25) is 5.91 Å². The minimum atomic E-state index is -0.256. The Labute approximate surface area is 124 Å². The van der Waals surface area contributed by atoms with Crippen molar-refractivity contribution in [1.82, 2.24) is 10.2 Å². The molecular formula is C16H21FN2O2. The standard InChI is InChI=1S/C16H21FN2O2/c1-11-8-18-9-14(11)16(20)19-6-7-21-15(10-19)12-2-4-13(17)5-3-12/h2-5,11,14-15,18H,6-10H2,1H3. The zero-order valence-electron chi connectivity index (χ0n) is 12.2. The number of morpholine rings is 1. The second kappa shape index (κ2) is 6.12. The molecule has 0 spiro atoms. The van der Waals surface area contributed by atoms with Crippen LogP contribution in [0.1, 0.15) is 18.6 Å². The largest absolute Gasteiger partial charge is 0.370 e. The van der Waals surface area contributed by atoms with Crippen LogP contribution in [0.25, 0.3) is 0 Å². The van der Waals surface area contributed by atoms with Gasteiger partial charge in [0, 0.05) is 13.1 Å². The maximum atomic E-state index is 13.0. The molecule has 0 bridgehead atoms. The smallest absolute Gasteiger partial charge is 0.227 e. The van der Waals surface area contributed by atoms with Gasteiger partial charge in [-0.2, -0.15) is 0 Å². The van der Waals surface area contributed by atoms with E-state index in [-0.39, 0.29) is 23.7 Å². The Bertz CT molecular complexity index is 506. The molecule has 0 saturated carbocycles. The van der Waals surface area contributed by atoms with E-state index in [2.05, 4.69) is 12.2 Å². The fourth-order valence-electron chi connectivity index (χ4n) is 3.10. The highest BCUT2D eigenvalue weighted by molar-refractivity contribution is 5.80. The van der Waals surface area contributed by atoms with E-state index in [1.54, 1.807) is 12.1 Å². The lowest BCUT2D eigenvalue weighted by Crippen LogP contribution is -2.46. The summed E-state index contributed by atoms with van der Waals surface area (Å²) in [5, 5.41) is 3.27. The molecule has 2 fully saturated rings. The summed E-state index contributed by atoms with van der Waals surface area (Å²) in [7, 11) is 0. The molecule has 2 aliphatic heterocycles. The molecule has 21 heavy (non-hydrogen) atoms. The summed E-state index contributed by atoms with van der Waals surface area (Å²) in [4.78, 5) is 14.5. The molecule has 4 nitrogen and oxygen atoms in total. The van der Waals surface area contributed by atoms with Crippen molar-refractivity contribution < 1.29 is 13.9 Å². The van der Waals surface area contributed by atoms with Crippen LogP contribution in [0, 0.1) is 17.7 Å². The normalized spacial score (nSPS) is 29.6. The van der Waals surface area contributed by atoms with Gasteiger partial charge >= 0.3 is 0 Å². The SMILES string of the molecule is CC1CNCC1C(=O)N1CCOC(c2ccc(F)cc2)C1. The summed E-state index contributed by atoms with van der Waals surface area (Å²) in [5.41, 5.74) is 0.923. The van der Waals surface area contributed by atoms with Crippen molar-refractivity contribution in [1.29, 1.82) is 0 Å². The Morgan fingerprint density at radius 2 is 2.10 bits per heavy atom. The van der Waals surface area contributed by atoms with E-state index in [1.165, 1.54) is 12.1 Å². The lowest BCUT2D eigenvalue weighted by molar-refractivity contribution is -0.143. The Balaban J connectivity index is 1.68. The Hall–Kier alpha value is -1.46. The van der Waals surface area contributed by atoms with Gasteiger partial charge in [0.15, 0.2) is 0 Å². The Morgan fingerprint density at radius 3 is 2.76 bits per heavy atom. The van der Waals surface area contributed by atoms with Crippen LogP contribution in [0.2, 0.25) is 0 Å². The van der Waals surface area contributed by atoms with Gasteiger partial charge in [-0.05, 0) is 30.2 Å². The average molecular weight is 292 g/mol. The third kappa shape index (κ3) is 3.09. The van der Waals surface area contributed by atoms with Crippen molar-refractivity contribution >= 4 is 5.91 Å². The molecule has 1 amide bonds. The van der Waals surface area contributed by atoms with Crippen molar-refractivity contribution in [3.8, 4) is 0 Å². The maximum absolute atomic E-state index is 13.0. The minimum absolute atomic E-state index is 0.0666. The van der Waals surface area contributed by atoms with Crippen molar-refractivity contribution in [2.24, 2.45) is 11.8 Å². The van der Waals surface area contributed by atoms with Crippen LogP contribution in [-0.4, -0.2) is 43.6 Å². The number of ether oxygens (including phenoxy) is 1. The number of hydrogen-bond donors (Lipinski definition) is 1. The average Bonchev–Trinajstić information content (AvgIpc) is 2.93. The highest BCUT2D eigenvalue weighted by Gasteiger charge is 2.35. The van der Waals surface area contributed by atoms with Crippen molar-refractivity contribution in [3.63, 3.8) is 0 Å². The first-order valence-corrected chi connectivity index (χ1v) is 7.51. The van der Waals surface area contributed by atoms with Crippen molar-refractivity contribution in [2.45, 2.75) is 13.0 Å². The molecule has 5 heteroatoms. The number of amides is 1. The predicted octanol–water partition coefficient (Wildman–Crippen LogP) is 1.58. The number of nitrogens with zero attached hydrogens (tertiary/aromatic N) is 1. The first-order chi connectivity index (χ1) is 10.1. The number of carbonyl (C=O) groups excluding carboxylic acids is 1. The van der Waals surface area contributed by atoms with Crippen LogP contribution in [0.15, 0.2) is 24.3 Å². The zero-order chi connectivity index (χ0) is 14.8. The summed E-state index contributed by atoms with van der Waals surface area (Å²) < 4.78 is 18.7. The van der Waals surface area contributed by atoms with E-state index < -0.39 is 0 Å². The second-order valence-electron chi connectivity index (χ2n) is 5.94. The van der Waals surface area contributed by atoms with E-state index in [0.717, 1.165) is 18.7 Å². The number of carbonyl (C=O) groups is 1. The maximum Gasteiger partial charge on any atom is 0.227 e. The summed E-state index contributed by atoms with van der Waals surface area (Å²) >= 11 is 0. The third-order valence-electron chi connectivity index (χ3n) is 4.45. The Kier molecular flexibility index (Phi) is 4.22. The van der Waals surface area contributed by atoms with Crippen LogP contribution in [0.4, 0.5) is 4.39 Å². The van der Waals surface area contributed by atoms with E-state index in [0.29, 0.717) is 25.6 Å². The van der Waals surface area contributed by atoms with Crippen LogP contribution in [-0.2, 0) is 9.53 Å². The third-order valence-corrected chi connectivity index (χ3v) is 4.45. The minimum Gasteiger partial charge on any atom is -0.370 e. The topological polar surface area (TPSA) is 41.6 Å². The van der Waals surface area contributed by atoms with Gasteiger partial charge in [-0.3, -0.25) is 4.79 Å². The number of nitrogens with one attached hydrogen (secondary N) is 1. The molecule has 2 saturated heterocycles. The van der Waals surface area contributed by atoms with E-state index in [4.69, 9.17) is 4.74 Å². The van der Waals surface area contributed by atoms with Crippen LogP contribution in [0.5, 0.6) is 0 Å². The van der Waals surface area contributed by atoms with Crippen LogP contribution in [0.3, 0.4) is 0 Å². The fourth-order valence-corrected chi connectivity index (χ4v) is 3.10. The van der Waals surface area contributed by atoms with E-state index >= 15 is 0 Å². The van der Waals surface area contributed by atoms with E-state index in [9.17, 15) is 9.18 Å². The number of hydrogen-bond acceptors (Lipinski definition) is 3. The summed E-state index contributed by atoms with van der Waals surface area (Å²) in [6, 6.07) is 6.33. The first-order valence-electron chi connectivity index (χ1n) is 7.51. The monoisotopic (exact) mass is 292 g/mol. The highest BCUT2D eigenvalue weighted by atomic mass is 19.1.